The highest BCUT2D eigenvalue weighted by Crippen LogP contribution is 2.22. The molecule has 0 saturated carbocycles. The van der Waals surface area contributed by atoms with Crippen molar-refractivity contribution in [3.63, 3.8) is 0 Å². The zero-order valence-corrected chi connectivity index (χ0v) is 15.0. The molecular formula is C16H17N5O3S. The van der Waals surface area contributed by atoms with Crippen LogP contribution in [-0.4, -0.2) is 31.3 Å². The van der Waals surface area contributed by atoms with Gasteiger partial charge in [0.05, 0.1) is 10.6 Å². The molecule has 1 atom stereocenters. The molecule has 1 amide bonds. The standard InChI is InChI=1S/C16H17N5O3S/c1-7-5-8(2)17-13-12(7)15(23)20-16(19-13)25-10(4)14(22)18-11-6-9(3)24-21-11/h5-6,10H,1-4H3,(H,18,21,22)(H,17,19,20,23). The summed E-state index contributed by atoms with van der Waals surface area (Å²) in [6, 6.07) is 3.46. The van der Waals surface area contributed by atoms with Gasteiger partial charge < -0.3 is 14.8 Å². The molecule has 3 heterocycles. The number of carbonyl (C=O) groups excluding carboxylic acids is 1. The number of hydrogen-bond donors (Lipinski definition) is 2. The van der Waals surface area contributed by atoms with Crippen LogP contribution in [0.3, 0.4) is 0 Å². The molecule has 0 spiro atoms. The number of hydrogen-bond acceptors (Lipinski definition) is 7. The number of H-pyrrole nitrogens is 1. The van der Waals surface area contributed by atoms with Gasteiger partial charge in [-0.05, 0) is 39.3 Å². The predicted octanol–water partition coefficient (Wildman–Crippen LogP) is 2.35. The van der Waals surface area contributed by atoms with Crippen molar-refractivity contribution in [2.24, 2.45) is 0 Å². The van der Waals surface area contributed by atoms with Gasteiger partial charge in [-0.25, -0.2) is 9.97 Å². The van der Waals surface area contributed by atoms with E-state index in [1.807, 2.05) is 19.9 Å². The van der Waals surface area contributed by atoms with Gasteiger partial charge in [0.25, 0.3) is 5.56 Å². The van der Waals surface area contributed by atoms with Crippen LogP contribution in [0.25, 0.3) is 11.0 Å². The van der Waals surface area contributed by atoms with Crippen LogP contribution >= 0.6 is 11.8 Å². The van der Waals surface area contributed by atoms with Crippen molar-refractivity contribution in [3.05, 3.63) is 39.5 Å². The molecule has 130 valence electrons. The van der Waals surface area contributed by atoms with Crippen molar-refractivity contribution >= 4 is 34.5 Å². The summed E-state index contributed by atoms with van der Waals surface area (Å²) in [7, 11) is 0. The van der Waals surface area contributed by atoms with E-state index in [1.165, 1.54) is 0 Å². The monoisotopic (exact) mass is 359 g/mol. The molecule has 0 aromatic carbocycles. The van der Waals surface area contributed by atoms with E-state index in [0.717, 1.165) is 23.0 Å². The van der Waals surface area contributed by atoms with Crippen molar-refractivity contribution < 1.29 is 9.32 Å². The zero-order chi connectivity index (χ0) is 18.1. The fourth-order valence-electron chi connectivity index (χ4n) is 2.39. The first-order valence-electron chi connectivity index (χ1n) is 7.62. The summed E-state index contributed by atoms with van der Waals surface area (Å²) in [5.74, 6) is 0.685. The van der Waals surface area contributed by atoms with Crippen LogP contribution in [0.5, 0.6) is 0 Å². The minimum Gasteiger partial charge on any atom is -0.360 e. The Hall–Kier alpha value is -2.68. The van der Waals surface area contributed by atoms with Gasteiger partial charge in [0, 0.05) is 11.8 Å². The molecule has 3 aromatic heterocycles. The highest BCUT2D eigenvalue weighted by Gasteiger charge is 2.18. The van der Waals surface area contributed by atoms with E-state index in [0.29, 0.717) is 27.8 Å². The van der Waals surface area contributed by atoms with Crippen LogP contribution in [0, 0.1) is 20.8 Å². The predicted molar refractivity (Wildman–Crippen MR) is 94.8 cm³/mol. The second-order valence-electron chi connectivity index (χ2n) is 5.72. The number of carbonyl (C=O) groups is 1. The number of pyridine rings is 1. The Balaban J connectivity index is 1.82. The zero-order valence-electron chi connectivity index (χ0n) is 14.2. The average Bonchev–Trinajstić information content (AvgIpc) is 2.90. The van der Waals surface area contributed by atoms with Crippen molar-refractivity contribution in [2.45, 2.75) is 38.1 Å². The number of aromatic nitrogens is 4. The van der Waals surface area contributed by atoms with Gasteiger partial charge in [0.1, 0.15) is 5.76 Å². The van der Waals surface area contributed by atoms with Crippen LogP contribution < -0.4 is 10.9 Å². The molecule has 0 aliphatic rings. The number of anilines is 1. The molecule has 0 fully saturated rings. The second kappa shape index (κ2) is 6.67. The number of rotatable bonds is 4. The first-order chi connectivity index (χ1) is 11.8. The van der Waals surface area contributed by atoms with E-state index >= 15 is 0 Å². The van der Waals surface area contributed by atoms with Gasteiger partial charge in [-0.1, -0.05) is 16.9 Å². The minimum atomic E-state index is -0.497. The maximum atomic E-state index is 12.3. The summed E-state index contributed by atoms with van der Waals surface area (Å²) in [6.07, 6.45) is 0. The quantitative estimate of drug-likeness (QED) is 0.543. The Morgan fingerprint density at radius 3 is 2.72 bits per heavy atom. The lowest BCUT2D eigenvalue weighted by Crippen LogP contribution is -2.23. The van der Waals surface area contributed by atoms with Crippen molar-refractivity contribution in [1.29, 1.82) is 0 Å². The summed E-state index contributed by atoms with van der Waals surface area (Å²) >= 11 is 1.14. The molecule has 1 unspecified atom stereocenters. The third-order valence-corrected chi connectivity index (χ3v) is 4.50. The number of nitrogens with zero attached hydrogens (tertiary/aromatic N) is 3. The molecule has 8 nitrogen and oxygen atoms in total. The van der Waals surface area contributed by atoms with Crippen LogP contribution in [0.2, 0.25) is 0 Å². The Kier molecular flexibility index (Phi) is 4.58. The van der Waals surface area contributed by atoms with E-state index in [4.69, 9.17) is 4.52 Å². The molecule has 9 heteroatoms. The third-order valence-electron chi connectivity index (χ3n) is 3.52. The van der Waals surface area contributed by atoms with Crippen molar-refractivity contribution in [3.8, 4) is 0 Å². The summed E-state index contributed by atoms with van der Waals surface area (Å²) in [4.78, 5) is 35.9. The van der Waals surface area contributed by atoms with Crippen LogP contribution in [0.15, 0.2) is 26.6 Å². The molecule has 2 N–H and O–H groups in total. The number of aryl methyl sites for hydroxylation is 3. The molecule has 0 saturated heterocycles. The van der Waals surface area contributed by atoms with Gasteiger partial charge in [0.15, 0.2) is 16.6 Å². The molecule has 3 aromatic rings. The van der Waals surface area contributed by atoms with Gasteiger partial charge in [-0.3, -0.25) is 9.59 Å². The fraction of sp³-hybridized carbons (Fsp3) is 0.312. The lowest BCUT2D eigenvalue weighted by molar-refractivity contribution is -0.115. The number of amides is 1. The summed E-state index contributed by atoms with van der Waals surface area (Å²) in [5.41, 5.74) is 1.71. The minimum absolute atomic E-state index is 0.266. The maximum Gasteiger partial charge on any atom is 0.261 e. The van der Waals surface area contributed by atoms with E-state index in [1.54, 1.807) is 19.9 Å². The number of thioether (sulfide) groups is 1. The van der Waals surface area contributed by atoms with Crippen LogP contribution in [0.4, 0.5) is 5.82 Å². The average molecular weight is 359 g/mol. The Labute approximate surface area is 147 Å². The first kappa shape index (κ1) is 17.2. The van der Waals surface area contributed by atoms with Gasteiger partial charge in [-0.2, -0.15) is 0 Å². The molecule has 0 aliphatic heterocycles. The largest absolute Gasteiger partial charge is 0.360 e. The van der Waals surface area contributed by atoms with Gasteiger partial charge in [0.2, 0.25) is 5.91 Å². The van der Waals surface area contributed by atoms with Crippen molar-refractivity contribution in [1.82, 2.24) is 20.1 Å². The number of nitrogens with one attached hydrogen (secondary N) is 2. The molecule has 25 heavy (non-hydrogen) atoms. The summed E-state index contributed by atoms with van der Waals surface area (Å²) < 4.78 is 4.91. The highest BCUT2D eigenvalue weighted by molar-refractivity contribution is 8.00. The fourth-order valence-corrected chi connectivity index (χ4v) is 3.18. The number of aromatic amines is 1. The highest BCUT2D eigenvalue weighted by atomic mass is 32.2. The summed E-state index contributed by atoms with van der Waals surface area (Å²) in [5, 5.41) is 6.68. The molecular weight excluding hydrogens is 342 g/mol. The second-order valence-corrected chi connectivity index (χ2v) is 7.05. The lowest BCUT2D eigenvalue weighted by Gasteiger charge is -2.10. The Morgan fingerprint density at radius 1 is 1.28 bits per heavy atom. The number of fused-ring (bicyclic) bond motifs is 1. The normalized spacial score (nSPS) is 12.3. The third kappa shape index (κ3) is 3.71. The molecule has 0 bridgehead atoms. The van der Waals surface area contributed by atoms with Gasteiger partial charge in [-0.15, -0.1) is 0 Å². The lowest BCUT2D eigenvalue weighted by atomic mass is 10.2. The first-order valence-corrected chi connectivity index (χ1v) is 8.50. The summed E-state index contributed by atoms with van der Waals surface area (Å²) in [6.45, 7) is 7.14. The van der Waals surface area contributed by atoms with E-state index in [-0.39, 0.29) is 11.5 Å². The van der Waals surface area contributed by atoms with E-state index in [2.05, 4.69) is 25.4 Å². The Morgan fingerprint density at radius 2 is 2.04 bits per heavy atom. The molecule has 0 aliphatic carbocycles. The van der Waals surface area contributed by atoms with Crippen LogP contribution in [-0.2, 0) is 4.79 Å². The topological polar surface area (TPSA) is 114 Å². The smallest absolute Gasteiger partial charge is 0.261 e. The van der Waals surface area contributed by atoms with E-state index < -0.39 is 5.25 Å². The van der Waals surface area contributed by atoms with Gasteiger partial charge >= 0.3 is 0 Å². The van der Waals surface area contributed by atoms with Crippen LogP contribution in [0.1, 0.15) is 23.9 Å². The van der Waals surface area contributed by atoms with Crippen molar-refractivity contribution in [2.75, 3.05) is 5.32 Å². The Bertz CT molecular complexity index is 1010. The molecule has 3 rings (SSSR count). The maximum absolute atomic E-state index is 12.3. The molecule has 0 radical (unpaired) electrons. The SMILES string of the molecule is Cc1cc(C)c2c(=O)[nH]c(SC(C)C(=O)Nc3cc(C)on3)nc2n1. The van der Waals surface area contributed by atoms with E-state index in [9.17, 15) is 9.59 Å².